The second kappa shape index (κ2) is 12.5. The third-order valence-electron chi connectivity index (χ3n) is 4.97. The van der Waals surface area contributed by atoms with Gasteiger partial charge in [-0.2, -0.15) is 114 Å². The molecule has 0 saturated carbocycles. The molecule has 0 bridgehead atoms. The molecule has 0 aromatic rings. The fourth-order valence-electron chi connectivity index (χ4n) is 2.48. The van der Waals surface area contributed by atoms with Crippen molar-refractivity contribution in [3.05, 3.63) is 0 Å². The maximum atomic E-state index is 14.2. The van der Waals surface area contributed by atoms with Gasteiger partial charge in [-0.3, -0.25) is 0 Å². The van der Waals surface area contributed by atoms with E-state index < -0.39 is 105 Å². The van der Waals surface area contributed by atoms with Gasteiger partial charge in [0.05, 0.1) is 6.04 Å². The number of rotatable bonds is 12. The minimum atomic E-state index is -9.26. The summed E-state index contributed by atoms with van der Waals surface area (Å²) in [7, 11) is -8.17. The van der Waals surface area contributed by atoms with Gasteiger partial charge in [-0.15, -0.1) is 0 Å². The molecule has 6 nitrogen and oxygen atoms in total. The van der Waals surface area contributed by atoms with Gasteiger partial charge in [0.2, 0.25) is 0 Å². The summed E-state index contributed by atoms with van der Waals surface area (Å²) in [5, 5.41) is 0. The highest BCUT2D eigenvalue weighted by Gasteiger charge is 2.95. The van der Waals surface area contributed by atoms with E-state index in [2.05, 4.69) is 13.3 Å². The molecule has 0 spiro atoms. The number of alkyl halides is 26. The molecule has 0 amide bonds. The Labute approximate surface area is 248 Å². The first-order chi connectivity index (χ1) is 20.8. The van der Waals surface area contributed by atoms with E-state index >= 15 is 0 Å². The molecule has 0 aromatic heterocycles. The van der Waals surface area contributed by atoms with E-state index in [0.717, 1.165) is 0 Å². The SMILES string of the molecule is O=C(O[Si](CCC(F)(F)C(F)(F)C(F)(F)C(F)(F)C(F)(F)C(F)(F)C(F)(F)C(F)(F)F)(OC(=O)C(F)(F)F)OC(=O)C(F)(F)F)C(F)(F)F. The van der Waals surface area contributed by atoms with E-state index in [1.807, 2.05) is 0 Å². The Morgan fingerprint density at radius 1 is 0.367 bits per heavy atom. The van der Waals surface area contributed by atoms with Crippen LogP contribution >= 0.6 is 0 Å². The van der Waals surface area contributed by atoms with E-state index in [4.69, 9.17) is 0 Å². The predicted octanol–water partition coefficient (Wildman–Crippen LogP) is 7.64. The van der Waals surface area contributed by atoms with Crippen LogP contribution in [0.3, 0.4) is 0 Å². The minimum Gasteiger partial charge on any atom is -0.448 e. The van der Waals surface area contributed by atoms with Gasteiger partial charge in [0, 0.05) is 6.42 Å². The number of carbonyl (C=O) groups is 3. The monoisotopic (exact) mass is 814 g/mol. The van der Waals surface area contributed by atoms with Gasteiger partial charge in [0.1, 0.15) is 0 Å². The molecule has 0 saturated heterocycles. The highest BCUT2D eigenvalue weighted by atomic mass is 28.4. The maximum Gasteiger partial charge on any atom is 0.706 e. The minimum absolute atomic E-state index is 2.73. The molecule has 33 heteroatoms. The van der Waals surface area contributed by atoms with E-state index in [1.165, 1.54) is 0 Å². The lowest BCUT2D eigenvalue weighted by Gasteiger charge is -2.43. The van der Waals surface area contributed by atoms with Crippen molar-refractivity contribution in [2.75, 3.05) is 0 Å². The van der Waals surface area contributed by atoms with E-state index in [0.29, 0.717) is 0 Å². The number of carbonyl (C=O) groups excluding carboxylic acids is 3. The smallest absolute Gasteiger partial charge is 0.448 e. The second-order valence-electron chi connectivity index (χ2n) is 8.49. The van der Waals surface area contributed by atoms with E-state index in [-0.39, 0.29) is 0 Å². The Bertz CT molecular complexity index is 1170. The fourth-order valence-corrected chi connectivity index (χ4v) is 4.72. The van der Waals surface area contributed by atoms with Crippen molar-refractivity contribution in [3.8, 4) is 0 Å². The lowest BCUT2D eigenvalue weighted by molar-refractivity contribution is -0.461. The fraction of sp³-hybridized carbons (Fsp3) is 0.812. The Morgan fingerprint density at radius 2 is 0.592 bits per heavy atom. The highest BCUT2D eigenvalue weighted by molar-refractivity contribution is 6.66. The van der Waals surface area contributed by atoms with Crippen LogP contribution in [0.25, 0.3) is 0 Å². The van der Waals surface area contributed by atoms with Gasteiger partial charge in [-0.05, 0) is 0 Å². The van der Waals surface area contributed by atoms with Gasteiger partial charge in [0.25, 0.3) is 0 Å². The second-order valence-corrected chi connectivity index (χ2v) is 11.0. The summed E-state index contributed by atoms with van der Waals surface area (Å²) in [5.41, 5.74) is 0. The number of hydrogen-bond donors (Lipinski definition) is 0. The van der Waals surface area contributed by atoms with E-state index in [9.17, 15) is 129 Å². The van der Waals surface area contributed by atoms with Crippen molar-refractivity contribution in [1.29, 1.82) is 0 Å². The van der Waals surface area contributed by atoms with Gasteiger partial charge in [0.15, 0.2) is 0 Å². The van der Waals surface area contributed by atoms with Crippen LogP contribution in [-0.2, 0) is 27.7 Å². The molecular weight excluding hydrogens is 810 g/mol. The molecule has 0 atom stereocenters. The molecule has 0 aliphatic heterocycles. The molecule has 290 valence electrons. The highest BCUT2D eigenvalue weighted by Crippen LogP contribution is 2.64. The molecule has 0 radical (unpaired) electrons. The van der Waals surface area contributed by atoms with Crippen molar-refractivity contribution in [2.45, 2.75) is 78.6 Å². The molecular formula is C16H4F26O6Si. The molecule has 0 rings (SSSR count). The van der Waals surface area contributed by atoms with Gasteiger partial charge in [-0.25, -0.2) is 14.4 Å². The van der Waals surface area contributed by atoms with Crippen LogP contribution in [-0.4, -0.2) is 92.9 Å². The van der Waals surface area contributed by atoms with Crippen molar-refractivity contribution < 1.29 is 142 Å². The first-order valence-electron chi connectivity index (χ1n) is 10.5. The summed E-state index contributed by atoms with van der Waals surface area (Å²) in [6.07, 6.45) is -32.8. The molecule has 0 aliphatic rings. The number of halogens is 26. The van der Waals surface area contributed by atoms with Crippen LogP contribution < -0.4 is 0 Å². The largest absolute Gasteiger partial charge is 0.706 e. The summed E-state index contributed by atoms with van der Waals surface area (Å²) < 4.78 is 348. The summed E-state index contributed by atoms with van der Waals surface area (Å²) >= 11 is 0. The zero-order chi connectivity index (χ0) is 40.3. The van der Waals surface area contributed by atoms with Crippen LogP contribution in [0.2, 0.25) is 6.04 Å². The van der Waals surface area contributed by atoms with Crippen molar-refractivity contribution in [2.24, 2.45) is 0 Å². The Morgan fingerprint density at radius 3 is 0.816 bits per heavy atom. The third kappa shape index (κ3) is 8.24. The maximum absolute atomic E-state index is 14.2. The topological polar surface area (TPSA) is 78.9 Å². The van der Waals surface area contributed by atoms with Crippen molar-refractivity contribution in [3.63, 3.8) is 0 Å². The van der Waals surface area contributed by atoms with Crippen LogP contribution in [0.1, 0.15) is 6.42 Å². The van der Waals surface area contributed by atoms with Crippen LogP contribution in [0.4, 0.5) is 114 Å². The molecule has 49 heavy (non-hydrogen) atoms. The molecule has 0 unspecified atom stereocenters. The molecule has 0 fully saturated rings. The average molecular weight is 814 g/mol. The van der Waals surface area contributed by atoms with Crippen LogP contribution in [0, 0.1) is 0 Å². The lowest BCUT2D eigenvalue weighted by Crippen LogP contribution is -2.74. The molecule has 0 heterocycles. The number of hydrogen-bond acceptors (Lipinski definition) is 6. The zero-order valence-corrected chi connectivity index (χ0v) is 22.2. The average Bonchev–Trinajstić information content (AvgIpc) is 2.84. The summed E-state index contributed by atoms with van der Waals surface area (Å²) in [4.78, 5) is 33.0. The molecule has 0 N–H and O–H groups in total. The summed E-state index contributed by atoms with van der Waals surface area (Å²) in [6.45, 7) is 0. The Balaban J connectivity index is 7.35. The lowest BCUT2D eigenvalue weighted by atomic mass is 9.88. The van der Waals surface area contributed by atoms with Crippen molar-refractivity contribution >= 4 is 26.7 Å². The first kappa shape index (κ1) is 45.8. The van der Waals surface area contributed by atoms with Gasteiger partial charge >= 0.3 is 92.9 Å². The van der Waals surface area contributed by atoms with Gasteiger partial charge in [-0.1, -0.05) is 0 Å². The predicted molar refractivity (Wildman–Crippen MR) is 92.3 cm³/mol. The van der Waals surface area contributed by atoms with Gasteiger partial charge < -0.3 is 13.3 Å². The molecule has 0 aliphatic carbocycles. The quantitative estimate of drug-likeness (QED) is 0.149. The Kier molecular flexibility index (Phi) is 11.7. The van der Waals surface area contributed by atoms with Crippen LogP contribution in [0.15, 0.2) is 0 Å². The standard InChI is InChI=1S/C16H4F26O6Si/c17-6(18,10(28,29)11(30,31)12(32,33)13(34,35)14(36,37)15(38,39)16(40,41)42)1-2-49(46-3(43)7(19,20)21,47-4(44)8(22,23)24)48-5(45)9(25,26)27/h1-2H2. The van der Waals surface area contributed by atoms with Crippen molar-refractivity contribution in [1.82, 2.24) is 0 Å². The normalized spacial score (nSPS) is 15.6. The molecule has 0 aromatic carbocycles. The summed E-state index contributed by atoms with van der Waals surface area (Å²) in [5.74, 6) is -74.7. The Hall–Kier alpha value is -3.19. The third-order valence-corrected chi connectivity index (χ3v) is 7.32. The van der Waals surface area contributed by atoms with E-state index in [1.54, 1.807) is 0 Å². The first-order valence-corrected chi connectivity index (χ1v) is 12.4. The zero-order valence-electron chi connectivity index (χ0n) is 21.2. The summed E-state index contributed by atoms with van der Waals surface area (Å²) in [6, 6.07) is -3.79. The van der Waals surface area contributed by atoms with Crippen LogP contribution in [0.5, 0.6) is 0 Å².